The molecule has 1 heterocycles. The lowest BCUT2D eigenvalue weighted by molar-refractivity contribution is -0.120. The number of anilines is 2. The molecule has 0 saturated heterocycles. The van der Waals surface area contributed by atoms with Gasteiger partial charge in [0.2, 0.25) is 11.8 Å². The standard InChI is InChI=1S/C19H19N3O3S2/c1-22(2)19(25)27-15-10-6-3-7-12(15)20-17(23)11-16-18(24)21-13-8-4-5-9-14(13)26-16/h3-10,16H,11H2,1-2H3,(H,20,23)(H,21,24). The zero-order valence-electron chi connectivity index (χ0n) is 14.9. The summed E-state index contributed by atoms with van der Waals surface area (Å²) in [6.45, 7) is 0. The molecule has 2 aromatic carbocycles. The van der Waals surface area contributed by atoms with Crippen LogP contribution in [-0.2, 0) is 9.59 Å². The number of thioether (sulfide) groups is 2. The molecule has 0 radical (unpaired) electrons. The van der Waals surface area contributed by atoms with E-state index in [0.29, 0.717) is 10.6 Å². The SMILES string of the molecule is CN(C)C(=O)Sc1ccccc1NC(=O)CC1Sc2ccccc2NC1=O. The van der Waals surface area contributed by atoms with Crippen LogP contribution in [-0.4, -0.2) is 41.3 Å². The fourth-order valence-corrected chi connectivity index (χ4v) is 4.30. The maximum atomic E-state index is 12.5. The third-order valence-corrected chi connectivity index (χ3v) is 6.19. The van der Waals surface area contributed by atoms with E-state index in [1.807, 2.05) is 30.3 Å². The summed E-state index contributed by atoms with van der Waals surface area (Å²) in [5, 5.41) is 5.03. The molecule has 3 rings (SSSR count). The Hall–Kier alpha value is -2.45. The van der Waals surface area contributed by atoms with Crippen LogP contribution in [0.1, 0.15) is 6.42 Å². The average molecular weight is 402 g/mol. The molecule has 0 spiro atoms. The Morgan fingerprint density at radius 3 is 2.63 bits per heavy atom. The van der Waals surface area contributed by atoms with Crippen molar-refractivity contribution in [2.75, 3.05) is 24.7 Å². The average Bonchev–Trinajstić information content (AvgIpc) is 2.63. The summed E-state index contributed by atoms with van der Waals surface area (Å²) in [7, 11) is 3.35. The highest BCUT2D eigenvalue weighted by atomic mass is 32.2. The highest BCUT2D eigenvalue weighted by molar-refractivity contribution is 8.13. The van der Waals surface area contributed by atoms with Gasteiger partial charge in [-0.15, -0.1) is 11.8 Å². The van der Waals surface area contributed by atoms with Crippen LogP contribution in [0.25, 0.3) is 0 Å². The Morgan fingerprint density at radius 2 is 1.85 bits per heavy atom. The van der Waals surface area contributed by atoms with Gasteiger partial charge in [0.1, 0.15) is 0 Å². The van der Waals surface area contributed by atoms with Crippen LogP contribution >= 0.6 is 23.5 Å². The van der Waals surface area contributed by atoms with Crippen LogP contribution in [0.5, 0.6) is 0 Å². The molecule has 6 nitrogen and oxygen atoms in total. The number of amides is 3. The van der Waals surface area contributed by atoms with Gasteiger partial charge in [0, 0.05) is 30.3 Å². The topological polar surface area (TPSA) is 78.5 Å². The van der Waals surface area contributed by atoms with Crippen molar-refractivity contribution in [1.82, 2.24) is 4.90 Å². The van der Waals surface area contributed by atoms with E-state index in [1.54, 1.807) is 32.3 Å². The number of fused-ring (bicyclic) bond motifs is 1. The maximum Gasteiger partial charge on any atom is 0.286 e. The molecule has 0 saturated carbocycles. The largest absolute Gasteiger partial charge is 0.339 e. The lowest BCUT2D eigenvalue weighted by atomic mass is 10.2. The zero-order valence-corrected chi connectivity index (χ0v) is 16.5. The summed E-state index contributed by atoms with van der Waals surface area (Å²) < 4.78 is 0. The van der Waals surface area contributed by atoms with Crippen LogP contribution in [0.4, 0.5) is 16.2 Å². The molecule has 1 aliphatic heterocycles. The number of carbonyl (C=O) groups excluding carboxylic acids is 3. The van der Waals surface area contributed by atoms with Gasteiger partial charge < -0.3 is 15.5 Å². The first-order valence-corrected chi connectivity index (χ1v) is 9.98. The van der Waals surface area contributed by atoms with E-state index < -0.39 is 5.25 Å². The monoisotopic (exact) mass is 401 g/mol. The molecule has 140 valence electrons. The van der Waals surface area contributed by atoms with Crippen LogP contribution in [0, 0.1) is 0 Å². The highest BCUT2D eigenvalue weighted by Crippen LogP contribution is 2.37. The van der Waals surface area contributed by atoms with Crippen molar-refractivity contribution in [3.63, 3.8) is 0 Å². The summed E-state index contributed by atoms with van der Waals surface area (Å²) in [4.78, 5) is 39.8. The second-order valence-electron chi connectivity index (χ2n) is 6.10. The van der Waals surface area contributed by atoms with E-state index in [-0.39, 0.29) is 23.5 Å². The van der Waals surface area contributed by atoms with Crippen molar-refractivity contribution in [1.29, 1.82) is 0 Å². The molecular weight excluding hydrogens is 382 g/mol. The molecule has 3 amide bonds. The van der Waals surface area contributed by atoms with Gasteiger partial charge in [-0.2, -0.15) is 0 Å². The van der Waals surface area contributed by atoms with Crippen molar-refractivity contribution in [3.05, 3.63) is 48.5 Å². The number of carbonyl (C=O) groups is 3. The minimum Gasteiger partial charge on any atom is -0.339 e. The molecule has 0 fully saturated rings. The Labute approximate surface area is 166 Å². The second kappa shape index (κ2) is 8.49. The van der Waals surface area contributed by atoms with E-state index in [4.69, 9.17) is 0 Å². The van der Waals surface area contributed by atoms with Gasteiger partial charge in [-0.1, -0.05) is 24.3 Å². The Morgan fingerprint density at radius 1 is 1.15 bits per heavy atom. The van der Waals surface area contributed by atoms with Gasteiger partial charge in [0.15, 0.2) is 0 Å². The maximum absolute atomic E-state index is 12.5. The predicted molar refractivity (Wildman–Crippen MR) is 109 cm³/mol. The smallest absolute Gasteiger partial charge is 0.286 e. The first kappa shape index (κ1) is 19.3. The second-order valence-corrected chi connectivity index (χ2v) is 8.34. The Kier molecular flexibility index (Phi) is 6.08. The summed E-state index contributed by atoms with van der Waals surface area (Å²) in [6.07, 6.45) is 0.0471. The molecule has 0 aliphatic carbocycles. The van der Waals surface area contributed by atoms with Gasteiger partial charge >= 0.3 is 0 Å². The lowest BCUT2D eigenvalue weighted by Crippen LogP contribution is -2.32. The van der Waals surface area contributed by atoms with Crippen molar-refractivity contribution in [2.24, 2.45) is 0 Å². The molecule has 0 aromatic heterocycles. The Bertz CT molecular complexity index is 886. The highest BCUT2D eigenvalue weighted by Gasteiger charge is 2.29. The minimum absolute atomic E-state index is 0.0471. The predicted octanol–water partition coefficient (Wildman–Crippen LogP) is 3.90. The quantitative estimate of drug-likeness (QED) is 0.760. The number of benzene rings is 2. The number of hydrogen-bond acceptors (Lipinski definition) is 5. The molecular formula is C19H19N3O3S2. The van der Waals surface area contributed by atoms with Gasteiger partial charge in [0.05, 0.1) is 16.6 Å². The van der Waals surface area contributed by atoms with E-state index in [2.05, 4.69) is 10.6 Å². The zero-order chi connectivity index (χ0) is 19.4. The number of rotatable bonds is 4. The van der Waals surface area contributed by atoms with Gasteiger partial charge in [0.25, 0.3) is 5.24 Å². The van der Waals surface area contributed by atoms with E-state index >= 15 is 0 Å². The van der Waals surface area contributed by atoms with Crippen molar-refractivity contribution in [3.8, 4) is 0 Å². The van der Waals surface area contributed by atoms with Crippen LogP contribution in [0.3, 0.4) is 0 Å². The molecule has 27 heavy (non-hydrogen) atoms. The molecule has 1 aliphatic rings. The van der Waals surface area contributed by atoms with E-state index in [0.717, 1.165) is 22.3 Å². The van der Waals surface area contributed by atoms with Gasteiger partial charge in [-0.05, 0) is 36.0 Å². The number of nitrogens with zero attached hydrogens (tertiary/aromatic N) is 1. The summed E-state index contributed by atoms with van der Waals surface area (Å²) in [6, 6.07) is 14.6. The summed E-state index contributed by atoms with van der Waals surface area (Å²) in [5.41, 5.74) is 1.33. The van der Waals surface area contributed by atoms with Crippen LogP contribution in [0.2, 0.25) is 0 Å². The number of para-hydroxylation sites is 2. The fourth-order valence-electron chi connectivity index (χ4n) is 2.44. The summed E-state index contributed by atoms with van der Waals surface area (Å²) >= 11 is 2.43. The van der Waals surface area contributed by atoms with Crippen LogP contribution < -0.4 is 10.6 Å². The van der Waals surface area contributed by atoms with Crippen molar-refractivity contribution < 1.29 is 14.4 Å². The third kappa shape index (κ3) is 4.84. The Balaban J connectivity index is 1.67. The lowest BCUT2D eigenvalue weighted by Gasteiger charge is -2.23. The van der Waals surface area contributed by atoms with Crippen molar-refractivity contribution >= 4 is 52.0 Å². The number of nitrogens with one attached hydrogen (secondary N) is 2. The molecule has 0 bridgehead atoms. The molecule has 1 unspecified atom stereocenters. The van der Waals surface area contributed by atoms with Gasteiger partial charge in [-0.3, -0.25) is 14.4 Å². The van der Waals surface area contributed by atoms with E-state index in [9.17, 15) is 14.4 Å². The molecule has 1 atom stereocenters. The molecule has 8 heteroatoms. The minimum atomic E-state index is -0.497. The molecule has 2 aromatic rings. The normalized spacial score (nSPS) is 15.5. The third-order valence-electron chi connectivity index (χ3n) is 3.80. The summed E-state index contributed by atoms with van der Waals surface area (Å²) in [5.74, 6) is -0.452. The first-order valence-electron chi connectivity index (χ1n) is 8.28. The molecule has 2 N–H and O–H groups in total. The first-order chi connectivity index (χ1) is 12.9. The number of hydrogen-bond donors (Lipinski definition) is 2. The van der Waals surface area contributed by atoms with Crippen LogP contribution in [0.15, 0.2) is 58.3 Å². The fraction of sp³-hybridized carbons (Fsp3) is 0.211. The van der Waals surface area contributed by atoms with Crippen molar-refractivity contribution in [2.45, 2.75) is 21.5 Å². The van der Waals surface area contributed by atoms with E-state index in [1.165, 1.54) is 16.7 Å². The van der Waals surface area contributed by atoms with Gasteiger partial charge in [-0.25, -0.2) is 0 Å².